The first kappa shape index (κ1) is 19.8. The molecule has 0 spiro atoms. The molecule has 0 saturated carbocycles. The average Bonchev–Trinajstić information content (AvgIpc) is 3.19. The molecule has 1 saturated heterocycles. The van der Waals surface area contributed by atoms with Crippen molar-refractivity contribution < 1.29 is 0 Å². The number of anilines is 3. The van der Waals surface area contributed by atoms with Gasteiger partial charge in [-0.25, -0.2) is 0 Å². The molecule has 8 nitrogen and oxygen atoms in total. The molecule has 2 N–H and O–H groups in total. The number of hydrogen-bond acceptors (Lipinski definition) is 7. The number of nitrogens with two attached hydrogens (primary N) is 1. The van der Waals surface area contributed by atoms with Crippen LogP contribution in [-0.4, -0.2) is 63.9 Å². The average molecular weight is 419 g/mol. The monoisotopic (exact) mass is 418 g/mol. The molecule has 0 radical (unpaired) electrons. The van der Waals surface area contributed by atoms with Crippen LogP contribution in [0.5, 0.6) is 0 Å². The van der Waals surface area contributed by atoms with Gasteiger partial charge in [0.05, 0.1) is 5.69 Å². The molecule has 5 rings (SSSR count). The fraction of sp³-hybridized carbons (Fsp3) is 0.435. The molecule has 4 heterocycles. The summed E-state index contributed by atoms with van der Waals surface area (Å²) in [6.45, 7) is 7.03. The van der Waals surface area contributed by atoms with E-state index in [1.54, 1.807) is 0 Å². The third-order valence-electron chi connectivity index (χ3n) is 6.44. The summed E-state index contributed by atoms with van der Waals surface area (Å²) in [5.41, 5.74) is 11.0. The Balaban J connectivity index is 1.44. The lowest BCUT2D eigenvalue weighted by Gasteiger charge is -2.37. The zero-order valence-corrected chi connectivity index (χ0v) is 18.5. The van der Waals surface area contributed by atoms with Crippen molar-refractivity contribution in [2.75, 3.05) is 48.8 Å². The third kappa shape index (κ3) is 3.95. The Bertz CT molecular complexity index is 1080. The van der Waals surface area contributed by atoms with Crippen LogP contribution in [0.4, 0.5) is 17.6 Å². The Kier molecular flexibility index (Phi) is 5.02. The molecular weight excluding hydrogens is 388 g/mol. The zero-order chi connectivity index (χ0) is 21.5. The molecule has 2 aliphatic rings. The van der Waals surface area contributed by atoms with Crippen LogP contribution >= 0.6 is 0 Å². The second kappa shape index (κ2) is 7.85. The second-order valence-corrected chi connectivity index (χ2v) is 8.77. The molecule has 2 aliphatic heterocycles. The van der Waals surface area contributed by atoms with Gasteiger partial charge in [0, 0.05) is 63.6 Å². The maximum absolute atomic E-state index is 6.15. The van der Waals surface area contributed by atoms with Gasteiger partial charge < -0.3 is 20.4 Å². The van der Waals surface area contributed by atoms with Gasteiger partial charge in [-0.1, -0.05) is 12.1 Å². The Morgan fingerprint density at radius 1 is 0.935 bits per heavy atom. The third-order valence-corrected chi connectivity index (χ3v) is 6.44. The van der Waals surface area contributed by atoms with Crippen molar-refractivity contribution in [3.05, 3.63) is 47.7 Å². The standard InChI is InChI=1S/C23H30N8/c1-16-12-17-4-5-18(20-6-7-29(3)27-20)13-19(17)15-31(16)22-14-21(25-23(24)26-22)30-10-8-28(2)9-11-30/h4-7,13-14,16H,8-12,15H2,1-3H3,(H2,24,25,26). The van der Waals surface area contributed by atoms with Crippen LogP contribution in [0.15, 0.2) is 36.5 Å². The number of fused-ring (bicyclic) bond motifs is 1. The maximum atomic E-state index is 6.15. The number of nitrogens with zero attached hydrogens (tertiary/aromatic N) is 7. The summed E-state index contributed by atoms with van der Waals surface area (Å²) in [5.74, 6) is 2.17. The fourth-order valence-corrected chi connectivity index (χ4v) is 4.56. The van der Waals surface area contributed by atoms with Crippen LogP contribution in [-0.2, 0) is 20.0 Å². The zero-order valence-electron chi connectivity index (χ0n) is 18.5. The van der Waals surface area contributed by atoms with Crippen LogP contribution < -0.4 is 15.5 Å². The Morgan fingerprint density at radius 3 is 2.45 bits per heavy atom. The Morgan fingerprint density at radius 2 is 1.71 bits per heavy atom. The van der Waals surface area contributed by atoms with E-state index in [-0.39, 0.29) is 0 Å². The van der Waals surface area contributed by atoms with Gasteiger partial charge in [0.25, 0.3) is 0 Å². The van der Waals surface area contributed by atoms with Crippen LogP contribution in [0.25, 0.3) is 11.3 Å². The molecule has 0 aliphatic carbocycles. The van der Waals surface area contributed by atoms with Gasteiger partial charge in [-0.15, -0.1) is 0 Å². The molecule has 1 atom stereocenters. The van der Waals surface area contributed by atoms with Crippen molar-refractivity contribution >= 4 is 17.6 Å². The van der Waals surface area contributed by atoms with E-state index in [1.807, 2.05) is 17.9 Å². The summed E-state index contributed by atoms with van der Waals surface area (Å²) in [6, 6.07) is 11.2. The predicted octanol–water partition coefficient (Wildman–Crippen LogP) is 2.16. The Hall–Kier alpha value is -3.13. The van der Waals surface area contributed by atoms with E-state index in [0.717, 1.165) is 62.0 Å². The van der Waals surface area contributed by atoms with Crippen LogP contribution in [0.2, 0.25) is 0 Å². The number of aryl methyl sites for hydroxylation is 1. The molecule has 1 unspecified atom stereocenters. The lowest BCUT2D eigenvalue weighted by Crippen LogP contribution is -2.45. The molecule has 1 aromatic carbocycles. The minimum absolute atomic E-state index is 0.336. The van der Waals surface area contributed by atoms with Crippen molar-refractivity contribution in [2.24, 2.45) is 7.05 Å². The van der Waals surface area contributed by atoms with E-state index in [0.29, 0.717) is 12.0 Å². The summed E-state index contributed by atoms with van der Waals surface area (Å²) in [7, 11) is 4.10. The van der Waals surface area contributed by atoms with E-state index in [9.17, 15) is 0 Å². The van der Waals surface area contributed by atoms with Crippen molar-refractivity contribution in [1.82, 2.24) is 24.6 Å². The fourth-order valence-electron chi connectivity index (χ4n) is 4.56. The number of hydrogen-bond donors (Lipinski definition) is 1. The van der Waals surface area contributed by atoms with Gasteiger partial charge in [0.2, 0.25) is 5.95 Å². The number of piperazine rings is 1. The van der Waals surface area contributed by atoms with E-state index >= 15 is 0 Å². The van der Waals surface area contributed by atoms with Crippen molar-refractivity contribution in [1.29, 1.82) is 0 Å². The quantitative estimate of drug-likeness (QED) is 0.698. The summed E-state index contributed by atoms with van der Waals surface area (Å²) < 4.78 is 1.84. The highest BCUT2D eigenvalue weighted by molar-refractivity contribution is 5.62. The molecule has 3 aromatic rings. The van der Waals surface area contributed by atoms with E-state index in [4.69, 9.17) is 5.73 Å². The van der Waals surface area contributed by atoms with Crippen LogP contribution in [0, 0.1) is 0 Å². The largest absolute Gasteiger partial charge is 0.368 e. The highest BCUT2D eigenvalue weighted by Gasteiger charge is 2.26. The van der Waals surface area contributed by atoms with Gasteiger partial charge in [-0.05, 0) is 43.7 Å². The number of benzene rings is 1. The Labute approximate surface area is 183 Å². The number of likely N-dealkylation sites (N-methyl/N-ethyl adjacent to an activating group) is 1. The minimum Gasteiger partial charge on any atom is -0.368 e. The summed E-state index contributed by atoms with van der Waals surface area (Å²) in [6.07, 6.45) is 2.96. The molecule has 8 heteroatoms. The number of nitrogen functional groups attached to an aromatic ring is 1. The maximum Gasteiger partial charge on any atom is 0.223 e. The first-order valence-electron chi connectivity index (χ1n) is 10.9. The lowest BCUT2D eigenvalue weighted by molar-refractivity contribution is 0.312. The van der Waals surface area contributed by atoms with Gasteiger partial charge in [0.15, 0.2) is 0 Å². The first-order valence-corrected chi connectivity index (χ1v) is 10.9. The first-order chi connectivity index (χ1) is 15.0. The summed E-state index contributed by atoms with van der Waals surface area (Å²) in [4.78, 5) is 16.2. The lowest BCUT2D eigenvalue weighted by atomic mass is 9.92. The molecule has 2 aromatic heterocycles. The van der Waals surface area contributed by atoms with Gasteiger partial charge in [0.1, 0.15) is 11.6 Å². The molecular formula is C23H30N8. The van der Waals surface area contributed by atoms with Gasteiger partial charge >= 0.3 is 0 Å². The topological polar surface area (TPSA) is 79.3 Å². The van der Waals surface area contributed by atoms with Crippen LogP contribution in [0.1, 0.15) is 18.1 Å². The molecule has 1 fully saturated rings. The summed E-state index contributed by atoms with van der Waals surface area (Å²) in [5, 5.41) is 4.56. The van der Waals surface area contributed by atoms with Crippen molar-refractivity contribution in [3.63, 3.8) is 0 Å². The normalized spacial score (nSPS) is 19.5. The summed E-state index contributed by atoms with van der Waals surface area (Å²) >= 11 is 0. The van der Waals surface area contributed by atoms with E-state index in [2.05, 4.69) is 74.1 Å². The molecule has 162 valence electrons. The van der Waals surface area contributed by atoms with E-state index < -0.39 is 0 Å². The highest BCUT2D eigenvalue weighted by atomic mass is 15.3. The second-order valence-electron chi connectivity index (χ2n) is 8.77. The molecule has 31 heavy (non-hydrogen) atoms. The van der Waals surface area contributed by atoms with Gasteiger partial charge in [-0.2, -0.15) is 15.1 Å². The van der Waals surface area contributed by atoms with Crippen molar-refractivity contribution in [2.45, 2.75) is 25.9 Å². The highest BCUT2D eigenvalue weighted by Crippen LogP contribution is 2.32. The SMILES string of the molecule is CC1Cc2ccc(-c3ccn(C)n3)cc2CN1c1cc(N2CCN(C)CC2)nc(N)n1. The van der Waals surface area contributed by atoms with Crippen molar-refractivity contribution in [3.8, 4) is 11.3 Å². The number of aromatic nitrogens is 4. The number of rotatable bonds is 3. The predicted molar refractivity (Wildman–Crippen MR) is 124 cm³/mol. The smallest absolute Gasteiger partial charge is 0.223 e. The molecule has 0 amide bonds. The van der Waals surface area contributed by atoms with Crippen LogP contribution in [0.3, 0.4) is 0 Å². The van der Waals surface area contributed by atoms with E-state index in [1.165, 1.54) is 11.1 Å². The molecule has 0 bridgehead atoms. The van der Waals surface area contributed by atoms with Gasteiger partial charge in [-0.3, -0.25) is 4.68 Å². The minimum atomic E-state index is 0.336.